The Hall–Kier alpha value is -7.68. The molecule has 2 heteroatoms. The molecule has 0 spiro atoms. The second-order valence-electron chi connectivity index (χ2n) is 16.2. The molecule has 0 fully saturated rings. The minimum atomic E-state index is 0.0874. The fraction of sp³-hybridized carbons (Fsp3) is 0.125. The summed E-state index contributed by atoms with van der Waals surface area (Å²) in [5.74, 6) is 0. The number of nitrogens with zero attached hydrogens (tertiary/aromatic N) is 2. The molecule has 0 amide bonds. The quantitative estimate of drug-likeness (QED) is 0.101. The Kier molecular flexibility index (Phi) is 16.4. The molecule has 0 bridgehead atoms. The van der Waals surface area contributed by atoms with E-state index < -0.39 is 0 Å². The van der Waals surface area contributed by atoms with Crippen molar-refractivity contribution in [3.05, 3.63) is 277 Å². The zero-order chi connectivity index (χ0) is 46.1. The van der Waals surface area contributed by atoms with Gasteiger partial charge in [0, 0.05) is 34.5 Å². The first kappa shape index (κ1) is 46.3. The van der Waals surface area contributed by atoms with Gasteiger partial charge in [0.2, 0.25) is 0 Å². The zero-order valence-corrected chi connectivity index (χ0v) is 39.4. The van der Waals surface area contributed by atoms with E-state index in [0.29, 0.717) is 0 Å². The average molecular weight is 859 g/mol. The van der Waals surface area contributed by atoms with E-state index in [1.54, 1.807) is 0 Å². The summed E-state index contributed by atoms with van der Waals surface area (Å²) in [6.07, 6.45) is 21.2. The third-order valence-corrected chi connectivity index (χ3v) is 11.9. The first-order valence-electron chi connectivity index (χ1n) is 23.3. The van der Waals surface area contributed by atoms with E-state index in [0.717, 1.165) is 34.9 Å². The summed E-state index contributed by atoms with van der Waals surface area (Å²) in [6, 6.07) is 69.3. The highest BCUT2D eigenvalue weighted by molar-refractivity contribution is 5.81. The van der Waals surface area contributed by atoms with Crippen LogP contribution in [0.2, 0.25) is 0 Å². The number of hydrogen-bond donors (Lipinski definition) is 0. The van der Waals surface area contributed by atoms with Gasteiger partial charge in [-0.1, -0.05) is 214 Å². The van der Waals surface area contributed by atoms with Crippen molar-refractivity contribution in [1.82, 2.24) is 0 Å². The van der Waals surface area contributed by atoms with Gasteiger partial charge in [-0.3, -0.25) is 0 Å². The second kappa shape index (κ2) is 23.3. The van der Waals surface area contributed by atoms with Crippen molar-refractivity contribution in [2.75, 3.05) is 9.80 Å². The molecule has 1 atom stereocenters. The molecular formula is C64H62N2. The molecule has 0 saturated heterocycles. The van der Waals surface area contributed by atoms with Crippen molar-refractivity contribution in [2.24, 2.45) is 0 Å². The molecule has 66 heavy (non-hydrogen) atoms. The number of anilines is 3. The molecule has 0 aromatic heterocycles. The van der Waals surface area contributed by atoms with Gasteiger partial charge in [-0.05, 0) is 138 Å². The average Bonchev–Trinajstić information content (AvgIpc) is 3.64. The van der Waals surface area contributed by atoms with Crippen LogP contribution in [0.5, 0.6) is 0 Å². The largest absolute Gasteiger partial charge is 0.339 e. The lowest BCUT2D eigenvalue weighted by Gasteiger charge is -2.31. The summed E-state index contributed by atoms with van der Waals surface area (Å²) in [6.45, 7) is 12.8. The Morgan fingerprint density at radius 2 is 0.939 bits per heavy atom. The first-order chi connectivity index (χ1) is 32.4. The summed E-state index contributed by atoms with van der Waals surface area (Å²) in [4.78, 5) is 4.79. The van der Waals surface area contributed by atoms with Gasteiger partial charge in [0.05, 0.1) is 0 Å². The van der Waals surface area contributed by atoms with Gasteiger partial charge in [0.25, 0.3) is 0 Å². The van der Waals surface area contributed by atoms with Gasteiger partial charge < -0.3 is 9.80 Å². The number of rotatable bonds is 14. The van der Waals surface area contributed by atoms with Gasteiger partial charge in [0.15, 0.2) is 0 Å². The molecule has 8 rings (SSSR count). The van der Waals surface area contributed by atoms with E-state index in [1.807, 2.05) is 13.8 Å². The van der Waals surface area contributed by atoms with Crippen LogP contribution < -0.4 is 9.80 Å². The van der Waals surface area contributed by atoms with Gasteiger partial charge >= 0.3 is 0 Å². The van der Waals surface area contributed by atoms with Gasteiger partial charge in [-0.15, -0.1) is 0 Å². The molecule has 0 radical (unpaired) electrons. The van der Waals surface area contributed by atoms with Crippen LogP contribution in [0.4, 0.5) is 17.1 Å². The van der Waals surface area contributed by atoms with E-state index in [2.05, 4.69) is 286 Å². The molecule has 0 heterocycles. The molecule has 0 N–H and O–H groups in total. The van der Waals surface area contributed by atoms with E-state index in [-0.39, 0.29) is 6.04 Å². The Bertz CT molecular complexity index is 2740. The molecule has 2 nitrogen and oxygen atoms in total. The van der Waals surface area contributed by atoms with Crippen LogP contribution in [0, 0.1) is 0 Å². The first-order valence-corrected chi connectivity index (χ1v) is 23.3. The van der Waals surface area contributed by atoms with E-state index in [1.165, 1.54) is 55.7 Å². The summed E-state index contributed by atoms with van der Waals surface area (Å²) in [5.41, 5.74) is 17.7. The van der Waals surface area contributed by atoms with Crippen molar-refractivity contribution in [3.8, 4) is 22.3 Å². The summed E-state index contributed by atoms with van der Waals surface area (Å²) in [5, 5.41) is 0. The third-order valence-electron chi connectivity index (χ3n) is 11.9. The molecule has 1 aliphatic carbocycles. The highest BCUT2D eigenvalue weighted by atomic mass is 15.2. The standard InChI is InChI=1S/C62H56N2.C2H6/c1-5-50(52-21-12-7-13-22-52)32-31-49(4)63(48(3)30-29-47(2)51-19-10-6-11-20-51)60-41-34-58(35-42-60)55-27-18-28-59(40-33-55)64(61-43-36-56(37-44-61)53-23-14-8-15-24-53)62-45-38-57(39-46-62)54-25-16-9-17-26-54;1-2/h5-17,19-46,49H,18H2,1-4H3;1-2H3/b32-31-,47-29+,48-30+,50-5+;. The van der Waals surface area contributed by atoms with Crippen molar-refractivity contribution in [2.45, 2.75) is 54.0 Å². The van der Waals surface area contributed by atoms with Crippen LogP contribution in [0.3, 0.4) is 0 Å². The summed E-state index contributed by atoms with van der Waals surface area (Å²) in [7, 11) is 0. The number of hydrogen-bond acceptors (Lipinski definition) is 2. The predicted octanol–water partition coefficient (Wildman–Crippen LogP) is 18.0. The normalized spacial score (nSPS) is 13.5. The SMILES string of the molecule is C/C=C(\C=C/C(C)N(/C(C)=C/C=C(\C)c1ccccc1)c1ccc(C2=CCC=C(N(c3ccc(-c4ccccc4)cc3)c3ccc(-c4ccccc4)cc3)C=C2)cc1)c1ccccc1.CC. The highest BCUT2D eigenvalue weighted by Crippen LogP contribution is 2.36. The Labute approximate surface area is 394 Å². The topological polar surface area (TPSA) is 6.48 Å². The van der Waals surface area contributed by atoms with Gasteiger partial charge in [-0.2, -0.15) is 0 Å². The molecular weight excluding hydrogens is 797 g/mol. The fourth-order valence-electron chi connectivity index (χ4n) is 8.33. The predicted molar refractivity (Wildman–Crippen MR) is 289 cm³/mol. The number of benzene rings is 7. The van der Waals surface area contributed by atoms with Crippen molar-refractivity contribution in [1.29, 1.82) is 0 Å². The molecule has 1 unspecified atom stereocenters. The maximum atomic E-state index is 2.42. The zero-order valence-electron chi connectivity index (χ0n) is 39.4. The summed E-state index contributed by atoms with van der Waals surface area (Å²) >= 11 is 0. The van der Waals surface area contributed by atoms with Gasteiger partial charge in [-0.25, -0.2) is 0 Å². The maximum Gasteiger partial charge on any atom is 0.0493 e. The molecule has 0 saturated carbocycles. The Balaban J connectivity index is 0.00000320. The Morgan fingerprint density at radius 1 is 0.485 bits per heavy atom. The van der Waals surface area contributed by atoms with Gasteiger partial charge in [0.1, 0.15) is 0 Å². The lowest BCUT2D eigenvalue weighted by molar-refractivity contribution is 0.819. The van der Waals surface area contributed by atoms with Crippen LogP contribution in [0.15, 0.2) is 260 Å². The highest BCUT2D eigenvalue weighted by Gasteiger charge is 2.18. The van der Waals surface area contributed by atoms with Crippen LogP contribution in [-0.4, -0.2) is 6.04 Å². The minimum absolute atomic E-state index is 0.0874. The van der Waals surface area contributed by atoms with Crippen molar-refractivity contribution >= 4 is 33.8 Å². The van der Waals surface area contributed by atoms with Crippen LogP contribution in [0.1, 0.15) is 64.7 Å². The van der Waals surface area contributed by atoms with Crippen LogP contribution in [0.25, 0.3) is 39.0 Å². The molecule has 0 aliphatic heterocycles. The van der Waals surface area contributed by atoms with Crippen LogP contribution in [-0.2, 0) is 0 Å². The minimum Gasteiger partial charge on any atom is -0.339 e. The maximum absolute atomic E-state index is 2.42. The monoisotopic (exact) mass is 858 g/mol. The van der Waals surface area contributed by atoms with Crippen molar-refractivity contribution < 1.29 is 0 Å². The Morgan fingerprint density at radius 3 is 1.45 bits per heavy atom. The smallest absolute Gasteiger partial charge is 0.0493 e. The van der Waals surface area contributed by atoms with E-state index in [4.69, 9.17) is 0 Å². The summed E-state index contributed by atoms with van der Waals surface area (Å²) < 4.78 is 0. The third kappa shape index (κ3) is 11.7. The van der Waals surface area contributed by atoms with Crippen molar-refractivity contribution in [3.63, 3.8) is 0 Å². The van der Waals surface area contributed by atoms with Crippen LogP contribution >= 0.6 is 0 Å². The molecule has 1 aliphatic rings. The molecule has 328 valence electrons. The number of allylic oxidation sites excluding steroid dienone is 12. The lowest BCUT2D eigenvalue weighted by Crippen LogP contribution is -2.29. The lowest BCUT2D eigenvalue weighted by atomic mass is 10.0. The second-order valence-corrected chi connectivity index (χ2v) is 16.2. The van der Waals surface area contributed by atoms with E-state index >= 15 is 0 Å². The van der Waals surface area contributed by atoms with E-state index in [9.17, 15) is 0 Å². The molecule has 7 aromatic carbocycles. The fourth-order valence-corrected chi connectivity index (χ4v) is 8.33. The molecule has 7 aromatic rings.